The van der Waals surface area contributed by atoms with E-state index in [0.29, 0.717) is 18.6 Å². The Morgan fingerprint density at radius 1 is 1.09 bits per heavy atom. The summed E-state index contributed by atoms with van der Waals surface area (Å²) in [6.45, 7) is 11.3. The van der Waals surface area contributed by atoms with E-state index in [1.54, 1.807) is 0 Å². The van der Waals surface area contributed by atoms with Crippen molar-refractivity contribution in [2.24, 2.45) is 11.8 Å². The molecule has 0 aromatic heterocycles. The largest absolute Gasteiger partial charge is 0.469 e. The molecule has 0 bridgehead atoms. The van der Waals surface area contributed by atoms with Gasteiger partial charge in [-0.15, -0.1) is 0 Å². The highest BCUT2D eigenvalue weighted by Gasteiger charge is 2.46. The third kappa shape index (κ3) is 7.70. The molecule has 0 aliphatic heterocycles. The standard InChI is InChI=1S/C27H42O4Si/c1-27(2,3)32(5,6)31-25-20-24(28)22(16-12-7-8-13-17-26(29)30-4)23(25)19-18-21-14-10-9-11-15-21/h9-11,14-15,18-19,22-23,25H,7-8,12-13,16-17,20H2,1-6H3/b19-18+/t22-,23?,25?/m1/s1. The fourth-order valence-electron chi connectivity index (χ4n) is 4.12. The third-order valence-corrected chi connectivity index (χ3v) is 11.7. The van der Waals surface area contributed by atoms with Crippen LogP contribution in [0.3, 0.4) is 0 Å². The van der Waals surface area contributed by atoms with Gasteiger partial charge in [-0.3, -0.25) is 9.59 Å². The number of benzene rings is 1. The van der Waals surface area contributed by atoms with Crippen molar-refractivity contribution < 1.29 is 18.8 Å². The third-order valence-electron chi connectivity index (χ3n) is 7.15. The Balaban J connectivity index is 2.06. The summed E-state index contributed by atoms with van der Waals surface area (Å²) in [7, 11) is -0.542. The van der Waals surface area contributed by atoms with E-state index in [-0.39, 0.29) is 28.9 Å². The first-order valence-electron chi connectivity index (χ1n) is 12.1. The molecule has 32 heavy (non-hydrogen) atoms. The molecule has 0 amide bonds. The smallest absolute Gasteiger partial charge is 0.305 e. The van der Waals surface area contributed by atoms with Gasteiger partial charge in [0.25, 0.3) is 0 Å². The fraction of sp³-hybridized carbons (Fsp3) is 0.630. The lowest BCUT2D eigenvalue weighted by Crippen LogP contribution is -2.45. The topological polar surface area (TPSA) is 52.6 Å². The number of unbranched alkanes of at least 4 members (excludes halogenated alkanes) is 3. The van der Waals surface area contributed by atoms with Crippen LogP contribution in [0, 0.1) is 11.8 Å². The number of methoxy groups -OCH3 is 1. The lowest BCUT2D eigenvalue weighted by molar-refractivity contribution is -0.140. The van der Waals surface area contributed by atoms with E-state index in [9.17, 15) is 9.59 Å². The summed E-state index contributed by atoms with van der Waals surface area (Å²) < 4.78 is 11.5. The van der Waals surface area contributed by atoms with Crippen molar-refractivity contribution in [2.45, 2.75) is 90.0 Å². The molecule has 1 aromatic rings. The van der Waals surface area contributed by atoms with Crippen molar-refractivity contribution in [1.29, 1.82) is 0 Å². The SMILES string of the molecule is COC(=O)CCCCCC[C@H]1C(=O)CC(O[Si](C)(C)C(C)(C)C)C1/C=C/c1ccccc1. The number of hydrogen-bond donors (Lipinski definition) is 0. The maximum atomic E-state index is 13.0. The van der Waals surface area contributed by atoms with Gasteiger partial charge in [-0.1, -0.05) is 82.5 Å². The number of rotatable bonds is 11. The molecule has 1 aromatic carbocycles. The zero-order valence-electron chi connectivity index (χ0n) is 20.9. The van der Waals surface area contributed by atoms with Crippen molar-refractivity contribution in [2.75, 3.05) is 7.11 Å². The molecule has 2 rings (SSSR count). The molecular formula is C27H42O4Si. The van der Waals surface area contributed by atoms with Crippen molar-refractivity contribution in [3.63, 3.8) is 0 Å². The minimum Gasteiger partial charge on any atom is -0.469 e. The quantitative estimate of drug-likeness (QED) is 0.208. The molecule has 5 heteroatoms. The number of hydrogen-bond acceptors (Lipinski definition) is 4. The maximum Gasteiger partial charge on any atom is 0.305 e. The van der Waals surface area contributed by atoms with Crippen LogP contribution in [-0.4, -0.2) is 33.3 Å². The first-order chi connectivity index (χ1) is 15.0. The minimum absolute atomic E-state index is 0.0188. The highest BCUT2D eigenvalue weighted by molar-refractivity contribution is 6.74. The van der Waals surface area contributed by atoms with E-state index in [2.05, 4.69) is 58.2 Å². The van der Waals surface area contributed by atoms with E-state index in [1.165, 1.54) is 7.11 Å². The van der Waals surface area contributed by atoms with Gasteiger partial charge < -0.3 is 9.16 Å². The zero-order valence-corrected chi connectivity index (χ0v) is 21.9. The summed E-state index contributed by atoms with van der Waals surface area (Å²) in [6.07, 6.45) is 10.1. The Labute approximate surface area is 195 Å². The van der Waals surface area contributed by atoms with Crippen LogP contribution in [0.25, 0.3) is 6.08 Å². The molecule has 0 heterocycles. The number of ketones is 1. The average Bonchev–Trinajstić information content (AvgIpc) is 3.02. The summed E-state index contributed by atoms with van der Waals surface area (Å²) in [5, 5.41) is 0.113. The minimum atomic E-state index is -1.97. The molecule has 3 atom stereocenters. The maximum absolute atomic E-state index is 13.0. The molecule has 0 N–H and O–H groups in total. The van der Waals surface area contributed by atoms with E-state index >= 15 is 0 Å². The molecule has 1 aliphatic rings. The summed E-state index contributed by atoms with van der Waals surface area (Å²) in [5.41, 5.74) is 1.15. The molecule has 1 saturated carbocycles. The molecule has 1 fully saturated rings. The second-order valence-electron chi connectivity index (χ2n) is 10.6. The van der Waals surface area contributed by atoms with E-state index < -0.39 is 8.32 Å². The molecule has 2 unspecified atom stereocenters. The van der Waals surface area contributed by atoms with Crippen molar-refractivity contribution in [3.05, 3.63) is 42.0 Å². The van der Waals surface area contributed by atoms with Crippen molar-refractivity contribution in [3.8, 4) is 0 Å². The molecular weight excluding hydrogens is 416 g/mol. The Hall–Kier alpha value is -1.72. The van der Waals surface area contributed by atoms with Gasteiger partial charge in [0.05, 0.1) is 13.2 Å². The second-order valence-corrected chi connectivity index (χ2v) is 15.3. The van der Waals surface area contributed by atoms with Crippen LogP contribution in [0.1, 0.15) is 71.3 Å². The Bertz CT molecular complexity index is 764. The van der Waals surface area contributed by atoms with Gasteiger partial charge in [0, 0.05) is 24.7 Å². The normalized spacial score (nSPS) is 21.9. The lowest BCUT2D eigenvalue weighted by atomic mass is 9.88. The number of carbonyl (C=O) groups excluding carboxylic acids is 2. The van der Waals surface area contributed by atoms with Crippen LogP contribution < -0.4 is 0 Å². The van der Waals surface area contributed by atoms with Crippen LogP contribution >= 0.6 is 0 Å². The van der Waals surface area contributed by atoms with E-state index in [4.69, 9.17) is 9.16 Å². The predicted molar refractivity (Wildman–Crippen MR) is 134 cm³/mol. The first kappa shape index (κ1) is 26.5. The summed E-state index contributed by atoms with van der Waals surface area (Å²) in [4.78, 5) is 24.3. The number of ether oxygens (including phenoxy) is 1. The molecule has 0 saturated heterocycles. The number of carbonyl (C=O) groups is 2. The molecule has 0 spiro atoms. The Morgan fingerprint density at radius 2 is 1.75 bits per heavy atom. The Kier molecular flexibility index (Phi) is 9.90. The summed E-state index contributed by atoms with van der Waals surface area (Å²) in [6, 6.07) is 10.3. The highest BCUT2D eigenvalue weighted by Crippen LogP contribution is 2.43. The molecule has 178 valence electrons. The van der Waals surface area contributed by atoms with Crippen LogP contribution in [0.5, 0.6) is 0 Å². The summed E-state index contributed by atoms with van der Waals surface area (Å²) in [5.74, 6) is 0.330. The molecule has 0 radical (unpaired) electrons. The van der Waals surface area contributed by atoms with E-state index in [0.717, 1.165) is 37.7 Å². The van der Waals surface area contributed by atoms with E-state index in [1.807, 2.05) is 18.2 Å². The number of esters is 1. The van der Waals surface area contributed by atoms with Gasteiger partial charge in [0.2, 0.25) is 0 Å². The monoisotopic (exact) mass is 458 g/mol. The van der Waals surface area contributed by atoms with Crippen LogP contribution in [0.15, 0.2) is 36.4 Å². The number of Topliss-reactive ketones (excluding diaryl/α,β-unsaturated/α-hetero) is 1. The summed E-state index contributed by atoms with van der Waals surface area (Å²) >= 11 is 0. The zero-order chi connectivity index (χ0) is 23.8. The van der Waals surface area contributed by atoms with Gasteiger partial charge >= 0.3 is 5.97 Å². The van der Waals surface area contributed by atoms with Gasteiger partial charge in [0.1, 0.15) is 5.78 Å². The highest BCUT2D eigenvalue weighted by atomic mass is 28.4. The van der Waals surface area contributed by atoms with Gasteiger partial charge in [-0.05, 0) is 36.5 Å². The van der Waals surface area contributed by atoms with Crippen molar-refractivity contribution >= 4 is 26.1 Å². The van der Waals surface area contributed by atoms with Crippen LogP contribution in [-0.2, 0) is 18.8 Å². The lowest BCUT2D eigenvalue weighted by Gasteiger charge is -2.39. The first-order valence-corrected chi connectivity index (χ1v) is 15.0. The van der Waals surface area contributed by atoms with Crippen LogP contribution in [0.4, 0.5) is 0 Å². The molecule has 4 nitrogen and oxygen atoms in total. The fourth-order valence-corrected chi connectivity index (χ4v) is 5.47. The average molecular weight is 459 g/mol. The van der Waals surface area contributed by atoms with Gasteiger partial charge in [0.15, 0.2) is 8.32 Å². The predicted octanol–water partition coefficient (Wildman–Crippen LogP) is 6.81. The molecule has 1 aliphatic carbocycles. The van der Waals surface area contributed by atoms with Crippen molar-refractivity contribution in [1.82, 2.24) is 0 Å². The second kappa shape index (κ2) is 11.9. The van der Waals surface area contributed by atoms with Gasteiger partial charge in [-0.25, -0.2) is 0 Å². The Morgan fingerprint density at radius 3 is 2.38 bits per heavy atom. The van der Waals surface area contributed by atoms with Crippen LogP contribution in [0.2, 0.25) is 18.1 Å². The van der Waals surface area contributed by atoms with Gasteiger partial charge in [-0.2, -0.15) is 0 Å².